The fraction of sp³-hybridized carbons (Fsp3) is 0.333. The number of benzene rings is 1. The molecule has 0 fully saturated rings. The first kappa shape index (κ1) is 12.9. The molecule has 0 aliphatic rings. The molecule has 5 heteroatoms. The van der Waals surface area contributed by atoms with Crippen molar-refractivity contribution in [1.29, 1.82) is 0 Å². The van der Waals surface area contributed by atoms with Crippen LogP contribution in [-0.4, -0.2) is 20.7 Å². The molecule has 0 saturated carbocycles. The summed E-state index contributed by atoms with van der Waals surface area (Å²) in [5.41, 5.74) is 2.48. The van der Waals surface area contributed by atoms with Gasteiger partial charge in [0.15, 0.2) is 5.82 Å². The van der Waals surface area contributed by atoms with Crippen LogP contribution in [0, 0.1) is 0 Å². The van der Waals surface area contributed by atoms with Crippen molar-refractivity contribution in [3.63, 3.8) is 0 Å². The van der Waals surface area contributed by atoms with E-state index in [1.54, 1.807) is 0 Å². The summed E-state index contributed by atoms with van der Waals surface area (Å²) in [5.74, 6) is 0.689. The number of hydrogen-bond acceptors (Lipinski definition) is 4. The van der Waals surface area contributed by atoms with Crippen LogP contribution in [0.2, 0.25) is 0 Å². The monoisotopic (exact) mass is 270 g/mol. The molecule has 3 aromatic rings. The number of hydrogen-bond donors (Lipinski definition) is 1. The van der Waals surface area contributed by atoms with Crippen LogP contribution in [0.1, 0.15) is 25.2 Å². The lowest BCUT2D eigenvalue weighted by molar-refractivity contribution is 0.408. The van der Waals surface area contributed by atoms with Crippen LogP contribution < -0.4 is 5.32 Å². The molecule has 3 rings (SSSR count). The van der Waals surface area contributed by atoms with Gasteiger partial charge in [0, 0.05) is 29.7 Å². The molecule has 104 valence electrons. The Hall–Kier alpha value is -2.14. The van der Waals surface area contributed by atoms with Crippen molar-refractivity contribution in [3.05, 3.63) is 48.2 Å². The normalized spacial score (nSPS) is 11.6. The highest BCUT2D eigenvalue weighted by Gasteiger charge is 2.10. The van der Waals surface area contributed by atoms with Gasteiger partial charge in [-0.15, -0.1) is 0 Å². The van der Waals surface area contributed by atoms with Crippen molar-refractivity contribution >= 4 is 10.9 Å². The molecular formula is C15H18N4O. The minimum Gasteiger partial charge on any atom is -0.343 e. The molecule has 0 aliphatic heterocycles. The highest BCUT2D eigenvalue weighted by Crippen LogP contribution is 2.22. The van der Waals surface area contributed by atoms with Gasteiger partial charge in [-0.3, -0.25) is 0 Å². The largest absolute Gasteiger partial charge is 0.343 e. The highest BCUT2D eigenvalue weighted by atomic mass is 16.5. The molecule has 0 radical (unpaired) electrons. The molecule has 5 nitrogen and oxygen atoms in total. The van der Waals surface area contributed by atoms with Gasteiger partial charge < -0.3 is 14.4 Å². The lowest BCUT2D eigenvalue weighted by atomic mass is 10.2. The quantitative estimate of drug-likeness (QED) is 0.774. The minimum atomic E-state index is 0.467. The topological polar surface area (TPSA) is 55.9 Å². The summed E-state index contributed by atoms with van der Waals surface area (Å²) < 4.78 is 6.96. The maximum absolute atomic E-state index is 4.80. The van der Waals surface area contributed by atoms with Gasteiger partial charge in [0.1, 0.15) is 0 Å². The summed E-state index contributed by atoms with van der Waals surface area (Å²) in [6.07, 6.45) is 3.53. The summed E-state index contributed by atoms with van der Waals surface area (Å²) in [4.78, 5) is 4.09. The maximum Gasteiger partial charge on any atom is 0.213 e. The lowest BCUT2D eigenvalue weighted by Gasteiger charge is -2.06. The second kappa shape index (κ2) is 5.46. The zero-order valence-corrected chi connectivity index (χ0v) is 11.7. The maximum atomic E-state index is 4.80. The summed E-state index contributed by atoms with van der Waals surface area (Å²) in [6, 6.07) is 8.86. The van der Waals surface area contributed by atoms with E-state index < -0.39 is 0 Å². The Morgan fingerprint density at radius 1 is 1.30 bits per heavy atom. The number of aromatic nitrogens is 3. The molecule has 0 amide bonds. The average molecular weight is 270 g/mol. The van der Waals surface area contributed by atoms with Crippen LogP contribution in [0.4, 0.5) is 0 Å². The zero-order chi connectivity index (χ0) is 13.9. The van der Waals surface area contributed by atoms with Crippen LogP contribution in [0.15, 0.2) is 41.4 Å². The number of para-hydroxylation sites is 1. The predicted octanol–water partition coefficient (Wildman–Crippen LogP) is 2.57. The molecule has 2 heterocycles. The van der Waals surface area contributed by atoms with E-state index in [4.69, 9.17) is 4.52 Å². The molecule has 20 heavy (non-hydrogen) atoms. The van der Waals surface area contributed by atoms with Crippen LogP contribution in [0.25, 0.3) is 10.9 Å². The summed E-state index contributed by atoms with van der Waals surface area (Å²) >= 11 is 0. The van der Waals surface area contributed by atoms with E-state index in [9.17, 15) is 0 Å². The van der Waals surface area contributed by atoms with Crippen LogP contribution in [-0.2, 0) is 13.1 Å². The standard InChI is InChI=1S/C15H18N4O/c1-11(2)16-7-12-8-19(9-15-17-10-20-18-15)14-6-4-3-5-13(12)14/h3-6,8,10-11,16H,7,9H2,1-2H3. The summed E-state index contributed by atoms with van der Waals surface area (Å²) in [6.45, 7) is 5.78. The van der Waals surface area contributed by atoms with Crippen LogP contribution in [0.5, 0.6) is 0 Å². The van der Waals surface area contributed by atoms with Crippen molar-refractivity contribution in [2.45, 2.75) is 33.0 Å². The fourth-order valence-corrected chi connectivity index (χ4v) is 2.32. The van der Waals surface area contributed by atoms with Gasteiger partial charge in [-0.1, -0.05) is 37.2 Å². The first-order chi connectivity index (χ1) is 9.74. The third kappa shape index (κ3) is 2.58. The Morgan fingerprint density at radius 3 is 2.90 bits per heavy atom. The fourth-order valence-electron chi connectivity index (χ4n) is 2.32. The van der Waals surface area contributed by atoms with Gasteiger partial charge in [0.05, 0.1) is 6.54 Å². The number of rotatable bonds is 5. The van der Waals surface area contributed by atoms with E-state index in [0.29, 0.717) is 18.4 Å². The van der Waals surface area contributed by atoms with Crippen molar-refractivity contribution in [1.82, 2.24) is 20.0 Å². The second-order valence-corrected chi connectivity index (χ2v) is 5.18. The number of fused-ring (bicyclic) bond motifs is 1. The third-order valence-electron chi connectivity index (χ3n) is 3.29. The van der Waals surface area contributed by atoms with Crippen LogP contribution >= 0.6 is 0 Å². The molecule has 1 aromatic carbocycles. The van der Waals surface area contributed by atoms with Gasteiger partial charge in [0.25, 0.3) is 0 Å². The first-order valence-corrected chi connectivity index (χ1v) is 6.79. The second-order valence-electron chi connectivity index (χ2n) is 5.18. The van der Waals surface area contributed by atoms with Gasteiger partial charge in [-0.05, 0) is 11.6 Å². The molecule has 0 unspecified atom stereocenters. The summed E-state index contributed by atoms with van der Waals surface area (Å²) in [7, 11) is 0. The smallest absolute Gasteiger partial charge is 0.213 e. The Labute approximate surface area is 117 Å². The Kier molecular flexibility index (Phi) is 3.52. The summed E-state index contributed by atoms with van der Waals surface area (Å²) in [5, 5.41) is 8.61. The van der Waals surface area contributed by atoms with Crippen molar-refractivity contribution in [2.24, 2.45) is 0 Å². The van der Waals surface area contributed by atoms with Gasteiger partial charge in [-0.25, -0.2) is 0 Å². The van der Waals surface area contributed by atoms with Crippen LogP contribution in [0.3, 0.4) is 0 Å². The average Bonchev–Trinajstić information content (AvgIpc) is 3.06. The van der Waals surface area contributed by atoms with E-state index in [2.05, 4.69) is 64.3 Å². The molecule has 2 aromatic heterocycles. The highest BCUT2D eigenvalue weighted by molar-refractivity contribution is 5.84. The first-order valence-electron chi connectivity index (χ1n) is 6.79. The number of nitrogens with zero attached hydrogens (tertiary/aromatic N) is 3. The Morgan fingerprint density at radius 2 is 2.15 bits per heavy atom. The zero-order valence-electron chi connectivity index (χ0n) is 11.7. The van der Waals surface area contributed by atoms with Crippen molar-refractivity contribution < 1.29 is 4.52 Å². The van der Waals surface area contributed by atoms with Gasteiger partial charge in [-0.2, -0.15) is 4.98 Å². The van der Waals surface area contributed by atoms with Gasteiger partial charge in [0.2, 0.25) is 6.39 Å². The van der Waals surface area contributed by atoms with E-state index in [0.717, 1.165) is 6.54 Å². The minimum absolute atomic E-state index is 0.467. The molecule has 0 saturated heterocycles. The Balaban J connectivity index is 1.95. The van der Waals surface area contributed by atoms with E-state index >= 15 is 0 Å². The van der Waals surface area contributed by atoms with E-state index in [1.165, 1.54) is 22.9 Å². The number of nitrogens with one attached hydrogen (secondary N) is 1. The molecule has 0 spiro atoms. The Bertz CT molecular complexity index is 685. The molecule has 1 N–H and O–H groups in total. The lowest BCUT2D eigenvalue weighted by Crippen LogP contribution is -2.21. The van der Waals surface area contributed by atoms with Crippen molar-refractivity contribution in [2.75, 3.05) is 0 Å². The molecular weight excluding hydrogens is 252 g/mol. The van der Waals surface area contributed by atoms with Gasteiger partial charge >= 0.3 is 0 Å². The third-order valence-corrected chi connectivity index (χ3v) is 3.29. The predicted molar refractivity (Wildman–Crippen MR) is 77.3 cm³/mol. The van der Waals surface area contributed by atoms with Crippen molar-refractivity contribution in [3.8, 4) is 0 Å². The molecule has 0 aliphatic carbocycles. The molecule has 0 bridgehead atoms. The van der Waals surface area contributed by atoms with E-state index in [-0.39, 0.29) is 0 Å². The SMILES string of the molecule is CC(C)NCc1cn(Cc2ncon2)c2ccccc12. The van der Waals surface area contributed by atoms with E-state index in [1.807, 2.05) is 0 Å². The molecule has 0 atom stereocenters.